The van der Waals surface area contributed by atoms with E-state index in [0.717, 1.165) is 40.1 Å². The number of aromatic hydroxyl groups is 1. The third-order valence-electron chi connectivity index (χ3n) is 5.06. The van der Waals surface area contributed by atoms with Crippen LogP contribution in [-0.2, 0) is 12.8 Å². The molecule has 1 aliphatic carbocycles. The van der Waals surface area contributed by atoms with Gasteiger partial charge in [-0.1, -0.05) is 0 Å². The lowest BCUT2D eigenvalue weighted by molar-refractivity contribution is 0.373. The van der Waals surface area contributed by atoms with Crippen molar-refractivity contribution in [3.05, 3.63) is 34.5 Å². The maximum absolute atomic E-state index is 9.87. The molecule has 0 saturated carbocycles. The Morgan fingerprint density at radius 2 is 2.04 bits per heavy atom. The average Bonchev–Trinajstić information content (AvgIpc) is 3.23. The van der Waals surface area contributed by atoms with Crippen LogP contribution in [0.25, 0.3) is 27.3 Å². The molecule has 0 unspecified atom stereocenters. The summed E-state index contributed by atoms with van der Waals surface area (Å²) in [4.78, 5) is 7.35. The lowest BCUT2D eigenvalue weighted by Crippen LogP contribution is -2.01. The zero-order chi connectivity index (χ0) is 17.8. The first-order chi connectivity index (χ1) is 12.7. The number of phenols is 1. The minimum atomic E-state index is 0.106. The summed E-state index contributed by atoms with van der Waals surface area (Å²) in [6.07, 6.45) is 4.69. The lowest BCUT2D eigenvalue weighted by atomic mass is 9.97. The molecule has 0 radical (unpaired) electrons. The highest BCUT2D eigenvalue weighted by molar-refractivity contribution is 7.19. The van der Waals surface area contributed by atoms with Crippen molar-refractivity contribution in [1.29, 1.82) is 0 Å². The Morgan fingerprint density at radius 1 is 1.19 bits per heavy atom. The van der Waals surface area contributed by atoms with Crippen LogP contribution in [0.15, 0.2) is 18.2 Å². The second-order valence-electron chi connectivity index (χ2n) is 6.62. The van der Waals surface area contributed by atoms with Crippen molar-refractivity contribution in [1.82, 2.24) is 19.6 Å². The van der Waals surface area contributed by atoms with Gasteiger partial charge in [0.2, 0.25) is 0 Å². The van der Waals surface area contributed by atoms with Crippen molar-refractivity contribution >= 4 is 27.2 Å². The van der Waals surface area contributed by atoms with Crippen LogP contribution in [0.1, 0.15) is 29.1 Å². The third-order valence-corrected chi connectivity index (χ3v) is 6.25. The number of benzene rings is 1. The second-order valence-corrected chi connectivity index (χ2v) is 7.70. The van der Waals surface area contributed by atoms with E-state index in [1.807, 2.05) is 17.4 Å². The number of nitrogens with zero attached hydrogens (tertiary/aromatic N) is 4. The summed E-state index contributed by atoms with van der Waals surface area (Å²) in [5, 5.41) is 20.0. The van der Waals surface area contributed by atoms with E-state index in [1.54, 1.807) is 23.5 Å². The molecule has 132 valence electrons. The molecule has 0 bridgehead atoms. The highest BCUT2D eigenvalue weighted by Gasteiger charge is 2.23. The zero-order valence-electron chi connectivity index (χ0n) is 14.6. The maximum atomic E-state index is 9.87. The van der Waals surface area contributed by atoms with Crippen molar-refractivity contribution in [2.75, 3.05) is 7.11 Å². The summed E-state index contributed by atoms with van der Waals surface area (Å²) in [6.45, 7) is 1.98. The molecule has 0 aliphatic heterocycles. The number of aromatic nitrogens is 4. The minimum absolute atomic E-state index is 0.106. The molecule has 3 heterocycles. The predicted octanol–water partition coefficient (Wildman–Crippen LogP) is 3.91. The fourth-order valence-corrected chi connectivity index (χ4v) is 5.12. The Labute approximate surface area is 154 Å². The van der Waals surface area contributed by atoms with Crippen LogP contribution >= 0.6 is 11.3 Å². The predicted molar refractivity (Wildman–Crippen MR) is 101 cm³/mol. The van der Waals surface area contributed by atoms with Gasteiger partial charge in [-0.05, 0) is 56.4 Å². The Bertz CT molecular complexity index is 1160. The molecule has 1 aliphatic rings. The molecule has 0 fully saturated rings. The van der Waals surface area contributed by atoms with E-state index in [2.05, 4.69) is 10.2 Å². The van der Waals surface area contributed by atoms with Crippen molar-refractivity contribution in [2.24, 2.45) is 0 Å². The number of hydrogen-bond acceptors (Lipinski definition) is 6. The van der Waals surface area contributed by atoms with Gasteiger partial charge in [-0.15, -0.1) is 21.5 Å². The van der Waals surface area contributed by atoms with Gasteiger partial charge >= 0.3 is 0 Å². The largest absolute Gasteiger partial charge is 0.504 e. The molecule has 5 rings (SSSR count). The average molecular weight is 366 g/mol. The number of methoxy groups -OCH3 is 1. The van der Waals surface area contributed by atoms with E-state index in [0.29, 0.717) is 11.6 Å². The van der Waals surface area contributed by atoms with Crippen LogP contribution in [0.3, 0.4) is 0 Å². The number of ether oxygens (including phenoxy) is 1. The molecule has 0 atom stereocenters. The lowest BCUT2D eigenvalue weighted by Gasteiger charge is -2.10. The van der Waals surface area contributed by atoms with Crippen molar-refractivity contribution < 1.29 is 9.84 Å². The number of fused-ring (bicyclic) bond motifs is 5. The molecule has 4 aromatic rings. The van der Waals surface area contributed by atoms with Crippen LogP contribution in [0.2, 0.25) is 0 Å². The first-order valence-electron chi connectivity index (χ1n) is 8.70. The number of thiophene rings is 1. The summed E-state index contributed by atoms with van der Waals surface area (Å²) >= 11 is 1.80. The van der Waals surface area contributed by atoms with E-state index in [4.69, 9.17) is 9.72 Å². The molecular weight excluding hydrogens is 348 g/mol. The quantitative estimate of drug-likeness (QED) is 0.582. The fraction of sp³-hybridized carbons (Fsp3) is 0.316. The topological polar surface area (TPSA) is 72.5 Å². The van der Waals surface area contributed by atoms with Crippen molar-refractivity contribution in [2.45, 2.75) is 32.6 Å². The summed E-state index contributed by atoms with van der Waals surface area (Å²) < 4.78 is 7.25. The third kappa shape index (κ3) is 2.13. The molecule has 1 N–H and O–H groups in total. The van der Waals surface area contributed by atoms with Gasteiger partial charge in [0, 0.05) is 10.4 Å². The van der Waals surface area contributed by atoms with Gasteiger partial charge < -0.3 is 9.84 Å². The second kappa shape index (κ2) is 5.67. The van der Waals surface area contributed by atoms with Crippen LogP contribution in [0.5, 0.6) is 11.5 Å². The Morgan fingerprint density at radius 3 is 2.88 bits per heavy atom. The number of rotatable bonds is 2. The maximum Gasteiger partial charge on any atom is 0.173 e. The normalized spacial score (nSPS) is 14.1. The van der Waals surface area contributed by atoms with E-state index < -0.39 is 0 Å². The van der Waals surface area contributed by atoms with Gasteiger partial charge in [0.25, 0.3) is 0 Å². The van der Waals surface area contributed by atoms with Crippen molar-refractivity contribution in [3.63, 3.8) is 0 Å². The SMILES string of the molecule is COc1cc(-c2nnc3c4c5c(sc4nc(C)n23)CCCC5)ccc1O. The van der Waals surface area contributed by atoms with Gasteiger partial charge in [0.05, 0.1) is 12.5 Å². The first-order valence-corrected chi connectivity index (χ1v) is 9.52. The molecule has 0 amide bonds. The molecule has 0 spiro atoms. The van der Waals surface area contributed by atoms with Crippen LogP contribution in [0.4, 0.5) is 0 Å². The molecular formula is C19H18N4O2S. The molecule has 0 saturated heterocycles. The molecule has 26 heavy (non-hydrogen) atoms. The number of phenolic OH excluding ortho intramolecular Hbond substituents is 1. The number of hydrogen-bond donors (Lipinski definition) is 1. The Hall–Kier alpha value is -2.67. The van der Waals surface area contributed by atoms with E-state index >= 15 is 0 Å². The smallest absolute Gasteiger partial charge is 0.173 e. The highest BCUT2D eigenvalue weighted by atomic mass is 32.1. The van der Waals surface area contributed by atoms with Gasteiger partial charge in [-0.3, -0.25) is 4.40 Å². The van der Waals surface area contributed by atoms with Crippen LogP contribution < -0.4 is 4.74 Å². The van der Waals surface area contributed by atoms with Crippen LogP contribution in [0, 0.1) is 6.92 Å². The highest BCUT2D eigenvalue weighted by Crippen LogP contribution is 2.39. The first kappa shape index (κ1) is 15.6. The fourth-order valence-electron chi connectivity index (χ4n) is 3.81. The van der Waals surface area contributed by atoms with Crippen LogP contribution in [-0.4, -0.2) is 31.8 Å². The summed E-state index contributed by atoms with van der Waals surface area (Å²) in [5.74, 6) is 2.09. The standard InChI is InChI=1S/C19H18N4O2S/c1-10-20-19-16(12-5-3-4-6-15(12)26-19)18-22-21-17(23(10)18)11-7-8-13(24)14(9-11)25-2/h7-9,24H,3-6H2,1-2H3. The Kier molecular flexibility index (Phi) is 3.40. The van der Waals surface area contributed by atoms with Crippen molar-refractivity contribution in [3.8, 4) is 22.9 Å². The zero-order valence-corrected chi connectivity index (χ0v) is 15.4. The molecule has 3 aromatic heterocycles. The Balaban J connectivity index is 1.81. The van der Waals surface area contributed by atoms with Gasteiger partial charge in [-0.2, -0.15) is 0 Å². The van der Waals surface area contributed by atoms with Gasteiger partial charge in [0.15, 0.2) is 23.0 Å². The van der Waals surface area contributed by atoms with E-state index in [9.17, 15) is 5.11 Å². The number of aryl methyl sites for hydroxylation is 3. The monoisotopic (exact) mass is 366 g/mol. The van der Waals surface area contributed by atoms with E-state index in [-0.39, 0.29) is 5.75 Å². The molecule has 6 nitrogen and oxygen atoms in total. The summed E-state index contributed by atoms with van der Waals surface area (Å²) in [6, 6.07) is 5.21. The van der Waals surface area contributed by atoms with Gasteiger partial charge in [-0.25, -0.2) is 4.98 Å². The summed E-state index contributed by atoms with van der Waals surface area (Å²) in [7, 11) is 1.54. The van der Waals surface area contributed by atoms with Gasteiger partial charge in [0.1, 0.15) is 10.7 Å². The molecule has 1 aromatic carbocycles. The van der Waals surface area contributed by atoms with E-state index in [1.165, 1.54) is 30.4 Å². The molecule has 7 heteroatoms. The summed E-state index contributed by atoms with van der Waals surface area (Å²) in [5.41, 5.74) is 3.10. The minimum Gasteiger partial charge on any atom is -0.504 e.